The van der Waals surface area contributed by atoms with Crippen molar-refractivity contribution < 1.29 is 0 Å². The molecule has 0 aromatic carbocycles. The van der Waals surface area contributed by atoms with Gasteiger partial charge in [-0.3, -0.25) is 0 Å². The van der Waals surface area contributed by atoms with Crippen molar-refractivity contribution >= 4 is 23.5 Å². The Kier molecular flexibility index (Phi) is 1.64. The Morgan fingerprint density at radius 2 is 2.71 bits per heavy atom. The molecule has 7 heavy (non-hydrogen) atoms. The van der Waals surface area contributed by atoms with Crippen LogP contribution in [0.25, 0.3) is 0 Å². The number of hydrogen-bond donors (Lipinski definition) is 0. The van der Waals surface area contributed by atoms with E-state index in [0.717, 1.165) is 5.03 Å². The van der Waals surface area contributed by atoms with E-state index in [2.05, 4.69) is 15.0 Å². The summed E-state index contributed by atoms with van der Waals surface area (Å²) in [5, 5.41) is 0.894. The van der Waals surface area contributed by atoms with Gasteiger partial charge in [-0.1, -0.05) is 0 Å². The second-order valence-corrected chi connectivity index (χ2v) is 2.15. The number of rotatable bonds is 1. The second-order valence-electron chi connectivity index (χ2n) is 0.890. The minimum Gasteiger partial charge on any atom is -0.180 e. The molecule has 4 heteroatoms. The van der Waals surface area contributed by atoms with Gasteiger partial charge in [-0.2, -0.15) is 8.75 Å². The van der Waals surface area contributed by atoms with Crippen LogP contribution in [0.1, 0.15) is 0 Å². The molecular weight excluding hydrogens is 128 g/mol. The molecule has 0 amide bonds. The van der Waals surface area contributed by atoms with Crippen LogP contribution in [0, 0.1) is 6.26 Å². The van der Waals surface area contributed by atoms with Crippen LogP contribution in [0.2, 0.25) is 0 Å². The van der Waals surface area contributed by atoms with Crippen molar-refractivity contribution in [3.8, 4) is 0 Å². The van der Waals surface area contributed by atoms with Crippen molar-refractivity contribution in [2.24, 2.45) is 0 Å². The fourth-order valence-corrected chi connectivity index (χ4v) is 1.05. The van der Waals surface area contributed by atoms with Crippen LogP contribution in [0.3, 0.4) is 0 Å². The Morgan fingerprint density at radius 1 is 1.86 bits per heavy atom. The van der Waals surface area contributed by atoms with E-state index in [0.29, 0.717) is 0 Å². The van der Waals surface area contributed by atoms with Crippen LogP contribution in [0.15, 0.2) is 11.2 Å². The predicted molar refractivity (Wildman–Crippen MR) is 31.1 cm³/mol. The van der Waals surface area contributed by atoms with E-state index in [-0.39, 0.29) is 0 Å². The molecule has 1 rings (SSSR count). The Morgan fingerprint density at radius 3 is 3.00 bits per heavy atom. The van der Waals surface area contributed by atoms with Crippen LogP contribution < -0.4 is 0 Å². The quantitative estimate of drug-likeness (QED) is 0.539. The van der Waals surface area contributed by atoms with Crippen molar-refractivity contribution in [1.29, 1.82) is 0 Å². The Balaban J connectivity index is 2.76. The summed E-state index contributed by atoms with van der Waals surface area (Å²) in [5.74, 6) is 0. The molecule has 0 saturated carbocycles. The van der Waals surface area contributed by atoms with E-state index in [9.17, 15) is 0 Å². The van der Waals surface area contributed by atoms with Gasteiger partial charge >= 0.3 is 0 Å². The molecule has 1 radical (unpaired) electrons. The number of thioether (sulfide) groups is 1. The Bertz CT molecular complexity index is 125. The molecule has 0 saturated heterocycles. The molecule has 2 nitrogen and oxygen atoms in total. The van der Waals surface area contributed by atoms with E-state index in [4.69, 9.17) is 0 Å². The Hall–Kier alpha value is -0.0900. The van der Waals surface area contributed by atoms with Gasteiger partial charge in [0.1, 0.15) is 5.03 Å². The van der Waals surface area contributed by atoms with Crippen molar-refractivity contribution in [2.75, 3.05) is 0 Å². The molecule has 0 atom stereocenters. The van der Waals surface area contributed by atoms with Gasteiger partial charge in [-0.25, -0.2) is 0 Å². The largest absolute Gasteiger partial charge is 0.180 e. The van der Waals surface area contributed by atoms with Crippen LogP contribution in [-0.4, -0.2) is 8.75 Å². The fourth-order valence-electron chi connectivity index (χ4n) is 0.220. The predicted octanol–water partition coefficient (Wildman–Crippen LogP) is 1.42. The lowest BCUT2D eigenvalue weighted by Crippen LogP contribution is -1.56. The summed E-state index contributed by atoms with van der Waals surface area (Å²) in [5.41, 5.74) is 0. The first kappa shape index (κ1) is 5.05. The molecular formula is C3H3N2S2. The standard InChI is InChI=1S/C3H3N2S2/c1-6-3-2-4-7-5-3/h2H,1H2. The topological polar surface area (TPSA) is 25.8 Å². The van der Waals surface area contributed by atoms with E-state index >= 15 is 0 Å². The third kappa shape index (κ3) is 1.14. The molecule has 0 spiro atoms. The average molecular weight is 131 g/mol. The van der Waals surface area contributed by atoms with Crippen LogP contribution in [0.4, 0.5) is 0 Å². The van der Waals surface area contributed by atoms with Gasteiger partial charge in [0.2, 0.25) is 0 Å². The molecule has 0 unspecified atom stereocenters. The van der Waals surface area contributed by atoms with Gasteiger partial charge in [0, 0.05) is 6.26 Å². The smallest absolute Gasteiger partial charge is 0.130 e. The van der Waals surface area contributed by atoms with Crippen LogP contribution in [-0.2, 0) is 0 Å². The van der Waals surface area contributed by atoms with Crippen molar-refractivity contribution in [1.82, 2.24) is 8.75 Å². The summed E-state index contributed by atoms with van der Waals surface area (Å²) in [4.78, 5) is 0. The van der Waals surface area contributed by atoms with E-state index in [1.165, 1.54) is 23.5 Å². The zero-order valence-corrected chi connectivity index (χ0v) is 5.13. The molecule has 37 valence electrons. The maximum atomic E-state index is 3.87. The van der Waals surface area contributed by atoms with E-state index < -0.39 is 0 Å². The third-order valence-corrected chi connectivity index (χ3v) is 1.58. The summed E-state index contributed by atoms with van der Waals surface area (Å²) >= 11 is 2.57. The highest BCUT2D eigenvalue weighted by Crippen LogP contribution is 2.10. The van der Waals surface area contributed by atoms with Gasteiger partial charge < -0.3 is 0 Å². The second kappa shape index (κ2) is 2.28. The van der Waals surface area contributed by atoms with Gasteiger partial charge in [-0.15, -0.1) is 11.8 Å². The van der Waals surface area contributed by atoms with E-state index in [1.807, 2.05) is 0 Å². The number of aromatic nitrogens is 2. The van der Waals surface area contributed by atoms with Crippen molar-refractivity contribution in [2.45, 2.75) is 5.03 Å². The van der Waals surface area contributed by atoms with Gasteiger partial charge in [0.25, 0.3) is 0 Å². The van der Waals surface area contributed by atoms with Gasteiger partial charge in [0.15, 0.2) is 0 Å². The SMILES string of the molecule is [CH2]Sc1cnsn1. The first-order valence-corrected chi connectivity index (χ1v) is 3.34. The zero-order chi connectivity index (χ0) is 5.11. The first-order valence-electron chi connectivity index (χ1n) is 1.63. The summed E-state index contributed by atoms with van der Waals surface area (Å²) in [7, 11) is 0. The highest BCUT2D eigenvalue weighted by Gasteiger charge is 1.87. The fraction of sp³-hybridized carbons (Fsp3) is 0. The monoisotopic (exact) mass is 131 g/mol. The highest BCUT2D eigenvalue weighted by molar-refractivity contribution is 8.00. The summed E-state index contributed by atoms with van der Waals surface area (Å²) in [6.45, 7) is 0. The van der Waals surface area contributed by atoms with E-state index in [1.54, 1.807) is 6.20 Å². The molecule has 1 aromatic rings. The molecule has 1 heterocycles. The molecule has 0 aliphatic rings. The molecule has 0 aliphatic carbocycles. The number of hydrogen-bond acceptors (Lipinski definition) is 4. The van der Waals surface area contributed by atoms with Crippen LogP contribution >= 0.6 is 23.5 Å². The normalized spacial score (nSPS) is 9.29. The molecule has 1 aromatic heterocycles. The zero-order valence-electron chi connectivity index (χ0n) is 3.50. The van der Waals surface area contributed by atoms with Crippen molar-refractivity contribution in [3.05, 3.63) is 12.5 Å². The van der Waals surface area contributed by atoms with Gasteiger partial charge in [-0.05, 0) is 0 Å². The number of nitrogens with zero attached hydrogens (tertiary/aromatic N) is 2. The third-order valence-electron chi connectivity index (χ3n) is 0.489. The maximum absolute atomic E-state index is 3.87. The maximum Gasteiger partial charge on any atom is 0.130 e. The van der Waals surface area contributed by atoms with Gasteiger partial charge in [0.05, 0.1) is 17.9 Å². The minimum absolute atomic E-state index is 0.894. The summed E-state index contributed by atoms with van der Waals surface area (Å²) < 4.78 is 7.63. The lowest BCUT2D eigenvalue weighted by atomic mass is 11.0. The molecule has 0 fully saturated rings. The Labute approximate surface area is 50.3 Å². The molecule has 0 aliphatic heterocycles. The summed E-state index contributed by atoms with van der Waals surface area (Å²) in [6.07, 6.45) is 5.25. The molecule has 0 bridgehead atoms. The molecule has 0 N–H and O–H groups in total. The lowest BCUT2D eigenvalue weighted by molar-refractivity contribution is 1.27. The van der Waals surface area contributed by atoms with Crippen LogP contribution in [0.5, 0.6) is 0 Å². The minimum atomic E-state index is 0.894. The van der Waals surface area contributed by atoms with Crippen molar-refractivity contribution in [3.63, 3.8) is 0 Å². The lowest BCUT2D eigenvalue weighted by Gasteiger charge is -1.74. The summed E-state index contributed by atoms with van der Waals surface area (Å²) in [6, 6.07) is 0. The highest BCUT2D eigenvalue weighted by atomic mass is 32.2. The first-order chi connectivity index (χ1) is 3.43. The average Bonchev–Trinajstić information content (AvgIpc) is 2.14.